The second-order valence-electron chi connectivity index (χ2n) is 4.63. The van der Waals surface area contributed by atoms with Gasteiger partial charge in [0.05, 0.1) is 6.20 Å². The number of pyridine rings is 1. The number of nitrogens with zero attached hydrogens (tertiary/aromatic N) is 1. The zero-order valence-electron chi connectivity index (χ0n) is 11.1. The smallest absolute Gasteiger partial charge is 0.141 e. The average Bonchev–Trinajstić information content (AvgIpc) is 2.36. The molecule has 0 saturated carbocycles. The van der Waals surface area contributed by atoms with Crippen LogP contribution in [0.4, 0.5) is 4.39 Å². The van der Waals surface area contributed by atoms with Crippen molar-refractivity contribution in [1.29, 1.82) is 0 Å². The molecule has 0 amide bonds. The van der Waals surface area contributed by atoms with Gasteiger partial charge in [-0.3, -0.25) is 4.98 Å². The number of hydrogen-bond acceptors (Lipinski definition) is 3. The van der Waals surface area contributed by atoms with E-state index in [0.717, 1.165) is 16.9 Å². The number of aromatic nitrogens is 1. The number of hydrogen-bond donors (Lipinski definition) is 1. The molecule has 2 aromatic rings. The Kier molecular flexibility index (Phi) is 4.12. The topological polar surface area (TPSA) is 48.1 Å². The minimum absolute atomic E-state index is 0.110. The standard InChI is InChI=1S/C15H17FN2O/c1-10-3-4-14(11(2)17)15(5-10)19-9-12-6-13(16)8-18-7-12/h3-8,11H,9,17H2,1-2H3/t11-/m1/s1. The largest absolute Gasteiger partial charge is 0.488 e. The van der Waals surface area contributed by atoms with Crippen LogP contribution in [0.2, 0.25) is 0 Å². The Hall–Kier alpha value is -1.94. The molecule has 2 rings (SSSR count). The van der Waals surface area contributed by atoms with Gasteiger partial charge in [-0.15, -0.1) is 0 Å². The fraction of sp³-hybridized carbons (Fsp3) is 0.267. The van der Waals surface area contributed by atoms with Gasteiger partial charge in [-0.2, -0.15) is 0 Å². The van der Waals surface area contributed by atoms with Crippen LogP contribution >= 0.6 is 0 Å². The van der Waals surface area contributed by atoms with Crippen LogP contribution in [0.25, 0.3) is 0 Å². The van der Waals surface area contributed by atoms with Crippen LogP contribution in [0, 0.1) is 12.7 Å². The molecule has 3 nitrogen and oxygen atoms in total. The highest BCUT2D eigenvalue weighted by Gasteiger charge is 2.08. The Balaban J connectivity index is 2.17. The van der Waals surface area contributed by atoms with Gasteiger partial charge in [-0.05, 0) is 31.5 Å². The SMILES string of the molecule is Cc1ccc([C@@H](C)N)c(OCc2cncc(F)c2)c1. The third-order valence-corrected chi connectivity index (χ3v) is 2.82. The molecule has 19 heavy (non-hydrogen) atoms. The minimum atomic E-state index is -0.363. The van der Waals surface area contributed by atoms with Gasteiger partial charge < -0.3 is 10.5 Å². The van der Waals surface area contributed by atoms with E-state index in [9.17, 15) is 4.39 Å². The van der Waals surface area contributed by atoms with Crippen LogP contribution in [0.1, 0.15) is 29.7 Å². The van der Waals surface area contributed by atoms with Crippen LogP contribution in [0.3, 0.4) is 0 Å². The number of benzene rings is 1. The summed E-state index contributed by atoms with van der Waals surface area (Å²) in [5, 5.41) is 0. The third kappa shape index (κ3) is 3.51. The van der Waals surface area contributed by atoms with E-state index in [2.05, 4.69) is 4.98 Å². The molecule has 2 N–H and O–H groups in total. The molecule has 1 aromatic carbocycles. The monoisotopic (exact) mass is 260 g/mol. The van der Waals surface area contributed by atoms with Gasteiger partial charge >= 0.3 is 0 Å². The van der Waals surface area contributed by atoms with E-state index in [1.807, 2.05) is 32.0 Å². The summed E-state index contributed by atoms with van der Waals surface area (Å²) >= 11 is 0. The average molecular weight is 260 g/mol. The van der Waals surface area contributed by atoms with Crippen LogP contribution in [0.5, 0.6) is 5.75 Å². The molecule has 100 valence electrons. The molecule has 1 aromatic heterocycles. The molecule has 0 saturated heterocycles. The summed E-state index contributed by atoms with van der Waals surface area (Å²) in [4.78, 5) is 3.79. The van der Waals surface area contributed by atoms with Gasteiger partial charge in [0.15, 0.2) is 0 Å². The maximum atomic E-state index is 13.0. The first-order valence-electron chi connectivity index (χ1n) is 6.14. The molecule has 0 fully saturated rings. The number of nitrogens with two attached hydrogens (primary N) is 1. The molecule has 4 heteroatoms. The molecule has 0 bridgehead atoms. The first kappa shape index (κ1) is 13.5. The second kappa shape index (κ2) is 5.80. The zero-order chi connectivity index (χ0) is 13.8. The lowest BCUT2D eigenvalue weighted by Gasteiger charge is -2.14. The van der Waals surface area contributed by atoms with Gasteiger partial charge in [-0.1, -0.05) is 12.1 Å². The Morgan fingerprint density at radius 3 is 2.79 bits per heavy atom. The van der Waals surface area contributed by atoms with Crippen molar-refractivity contribution in [2.24, 2.45) is 5.73 Å². The van der Waals surface area contributed by atoms with Crippen LogP contribution in [-0.2, 0) is 6.61 Å². The van der Waals surface area contributed by atoms with Crippen LogP contribution in [0.15, 0.2) is 36.7 Å². The molecule has 1 atom stereocenters. The maximum Gasteiger partial charge on any atom is 0.141 e. The fourth-order valence-corrected chi connectivity index (χ4v) is 1.84. The van der Waals surface area contributed by atoms with Crippen molar-refractivity contribution >= 4 is 0 Å². The lowest BCUT2D eigenvalue weighted by Crippen LogP contribution is -2.08. The predicted molar refractivity (Wildman–Crippen MR) is 72.3 cm³/mol. The van der Waals surface area contributed by atoms with Gasteiger partial charge in [0.25, 0.3) is 0 Å². The van der Waals surface area contributed by atoms with E-state index >= 15 is 0 Å². The lowest BCUT2D eigenvalue weighted by atomic mass is 10.1. The van der Waals surface area contributed by atoms with E-state index < -0.39 is 0 Å². The van der Waals surface area contributed by atoms with Crippen molar-refractivity contribution in [2.75, 3.05) is 0 Å². The molecular weight excluding hydrogens is 243 g/mol. The zero-order valence-corrected chi connectivity index (χ0v) is 11.1. The maximum absolute atomic E-state index is 13.0. The third-order valence-electron chi connectivity index (χ3n) is 2.82. The van der Waals surface area contributed by atoms with Gasteiger partial charge in [0.1, 0.15) is 18.2 Å². The summed E-state index contributed by atoms with van der Waals surface area (Å²) in [6, 6.07) is 7.19. The summed E-state index contributed by atoms with van der Waals surface area (Å²) in [6.45, 7) is 4.16. The van der Waals surface area contributed by atoms with E-state index in [1.54, 1.807) is 6.20 Å². The highest BCUT2D eigenvalue weighted by Crippen LogP contribution is 2.25. The van der Waals surface area contributed by atoms with Gasteiger partial charge in [-0.25, -0.2) is 4.39 Å². The van der Waals surface area contributed by atoms with E-state index in [0.29, 0.717) is 5.56 Å². The van der Waals surface area contributed by atoms with Crippen LogP contribution < -0.4 is 10.5 Å². The lowest BCUT2D eigenvalue weighted by molar-refractivity contribution is 0.300. The quantitative estimate of drug-likeness (QED) is 0.918. The van der Waals surface area contributed by atoms with Crippen molar-refractivity contribution in [1.82, 2.24) is 4.98 Å². The summed E-state index contributed by atoms with van der Waals surface area (Å²) in [5.74, 6) is 0.372. The van der Waals surface area contributed by atoms with Crippen molar-refractivity contribution in [2.45, 2.75) is 26.5 Å². The molecule has 0 aliphatic rings. The highest BCUT2D eigenvalue weighted by molar-refractivity contribution is 5.39. The van der Waals surface area contributed by atoms with Crippen LogP contribution in [-0.4, -0.2) is 4.98 Å². The molecular formula is C15H17FN2O. The molecule has 1 heterocycles. The van der Waals surface area contributed by atoms with Crippen molar-refractivity contribution < 1.29 is 9.13 Å². The summed E-state index contributed by atoms with van der Waals surface area (Å²) in [7, 11) is 0. The minimum Gasteiger partial charge on any atom is -0.488 e. The van der Waals surface area contributed by atoms with Gasteiger partial charge in [0, 0.05) is 23.4 Å². The van der Waals surface area contributed by atoms with E-state index in [4.69, 9.17) is 10.5 Å². The molecule has 0 unspecified atom stereocenters. The highest BCUT2D eigenvalue weighted by atomic mass is 19.1. The van der Waals surface area contributed by atoms with Crippen molar-refractivity contribution in [3.8, 4) is 5.75 Å². The second-order valence-corrected chi connectivity index (χ2v) is 4.63. The summed E-state index contributed by atoms with van der Waals surface area (Å²) < 4.78 is 18.8. The Bertz CT molecular complexity index is 570. The van der Waals surface area contributed by atoms with E-state index in [1.165, 1.54) is 12.3 Å². The molecule has 0 spiro atoms. The first-order valence-corrected chi connectivity index (χ1v) is 6.14. The predicted octanol–water partition coefficient (Wildman–Crippen LogP) is 3.13. The summed E-state index contributed by atoms with van der Waals surface area (Å²) in [6.07, 6.45) is 2.76. The Morgan fingerprint density at radius 2 is 2.11 bits per heavy atom. The fourth-order valence-electron chi connectivity index (χ4n) is 1.84. The van der Waals surface area contributed by atoms with Gasteiger partial charge in [0.2, 0.25) is 0 Å². The molecule has 0 radical (unpaired) electrons. The number of halogens is 1. The normalized spacial score (nSPS) is 12.2. The molecule has 0 aliphatic carbocycles. The van der Waals surface area contributed by atoms with Crippen molar-refractivity contribution in [3.63, 3.8) is 0 Å². The van der Waals surface area contributed by atoms with E-state index in [-0.39, 0.29) is 18.5 Å². The van der Waals surface area contributed by atoms with Crippen molar-refractivity contribution in [3.05, 3.63) is 59.2 Å². The summed E-state index contributed by atoms with van der Waals surface area (Å²) in [5.41, 5.74) is 8.63. The Morgan fingerprint density at radius 1 is 1.32 bits per heavy atom. The number of rotatable bonds is 4. The molecule has 0 aliphatic heterocycles. The number of ether oxygens (including phenoxy) is 1. The first-order chi connectivity index (χ1) is 9.06. The Labute approximate surface area is 112 Å². The number of aryl methyl sites for hydroxylation is 1.